The molecule has 0 spiro atoms. The topological polar surface area (TPSA) is 93.7 Å². The molecule has 1 aromatic rings. The van der Waals surface area contributed by atoms with E-state index in [0.29, 0.717) is 38.2 Å². The van der Waals surface area contributed by atoms with Crippen molar-refractivity contribution in [1.29, 1.82) is 0 Å². The molecule has 1 heterocycles. The van der Waals surface area contributed by atoms with Crippen LogP contribution in [-0.2, 0) is 25.7 Å². The van der Waals surface area contributed by atoms with E-state index in [9.17, 15) is 14.4 Å². The Morgan fingerprint density at radius 2 is 1.85 bits per heavy atom. The van der Waals surface area contributed by atoms with Crippen LogP contribution < -0.4 is 10.6 Å². The molecule has 0 aromatic heterocycles. The van der Waals surface area contributed by atoms with Crippen molar-refractivity contribution >= 4 is 17.6 Å². The Bertz CT molecular complexity index is 660. The van der Waals surface area contributed by atoms with Crippen LogP contribution in [-0.4, -0.2) is 49.5 Å². The molecule has 1 aliphatic rings. The lowest BCUT2D eigenvalue weighted by atomic mass is 10.0. The van der Waals surface area contributed by atoms with E-state index in [1.165, 1.54) is 0 Å². The average Bonchev–Trinajstić information content (AvgIpc) is 2.64. The monoisotopic (exact) mass is 376 g/mol. The van der Waals surface area contributed by atoms with Gasteiger partial charge in [0.15, 0.2) is 0 Å². The summed E-state index contributed by atoms with van der Waals surface area (Å²) in [5.74, 6) is -1.68. The predicted octanol–water partition coefficient (Wildman–Crippen LogP) is 1.60. The Morgan fingerprint density at radius 1 is 1.11 bits per heavy atom. The smallest absolute Gasteiger partial charge is 0.289 e. The zero-order valence-electron chi connectivity index (χ0n) is 16.0. The summed E-state index contributed by atoms with van der Waals surface area (Å²) in [6.45, 7) is 5.32. The molecule has 7 nitrogen and oxygen atoms in total. The number of hydrogen-bond donors (Lipinski definition) is 2. The molecular formula is C20H28N2O5. The van der Waals surface area contributed by atoms with Crippen LogP contribution in [0.25, 0.3) is 0 Å². The minimum Gasteiger partial charge on any atom is -0.379 e. The molecule has 0 aliphatic carbocycles. The molecule has 1 aliphatic heterocycles. The highest BCUT2D eigenvalue weighted by Crippen LogP contribution is 2.12. The maximum Gasteiger partial charge on any atom is 0.289 e. The predicted molar refractivity (Wildman–Crippen MR) is 100 cm³/mol. The van der Waals surface area contributed by atoms with Crippen molar-refractivity contribution in [3.05, 3.63) is 35.4 Å². The first-order valence-corrected chi connectivity index (χ1v) is 9.38. The fourth-order valence-electron chi connectivity index (χ4n) is 2.82. The van der Waals surface area contributed by atoms with Gasteiger partial charge in [-0.2, -0.15) is 0 Å². The summed E-state index contributed by atoms with van der Waals surface area (Å²) in [6.07, 6.45) is 1.79. The van der Waals surface area contributed by atoms with Gasteiger partial charge in [0.25, 0.3) is 11.8 Å². The van der Waals surface area contributed by atoms with Crippen molar-refractivity contribution < 1.29 is 23.9 Å². The maximum atomic E-state index is 12.8. The second-order valence-corrected chi connectivity index (χ2v) is 6.84. The number of nitrogens with one attached hydrogen (secondary N) is 2. The Balaban J connectivity index is 2.19. The maximum absolute atomic E-state index is 12.8. The Morgan fingerprint density at radius 3 is 2.63 bits per heavy atom. The Kier molecular flexibility index (Phi) is 8.42. The minimum atomic E-state index is -0.867. The van der Waals surface area contributed by atoms with Gasteiger partial charge in [-0.15, -0.1) is 0 Å². The van der Waals surface area contributed by atoms with Gasteiger partial charge < -0.3 is 20.1 Å². The van der Waals surface area contributed by atoms with Crippen LogP contribution in [0.4, 0.5) is 0 Å². The van der Waals surface area contributed by atoms with Gasteiger partial charge in [-0.25, -0.2) is 0 Å². The molecule has 2 amide bonds. The molecule has 1 atom stereocenters. The average molecular weight is 376 g/mol. The number of benzene rings is 1. The molecule has 7 heteroatoms. The first kappa shape index (κ1) is 21.1. The number of hydrogen-bond acceptors (Lipinski definition) is 5. The third kappa shape index (κ3) is 6.77. The summed E-state index contributed by atoms with van der Waals surface area (Å²) in [5, 5.41) is 5.33. The van der Waals surface area contributed by atoms with Crippen LogP contribution in [0.5, 0.6) is 0 Å². The van der Waals surface area contributed by atoms with Gasteiger partial charge in [-0.05, 0) is 44.7 Å². The lowest BCUT2D eigenvalue weighted by molar-refractivity contribution is -0.139. The third-order valence-electron chi connectivity index (χ3n) is 4.19. The van der Waals surface area contributed by atoms with E-state index < -0.39 is 17.7 Å². The number of ether oxygens (including phenoxy) is 2. The molecule has 1 aromatic carbocycles. The van der Waals surface area contributed by atoms with Gasteiger partial charge in [0.05, 0.1) is 25.9 Å². The fourth-order valence-corrected chi connectivity index (χ4v) is 2.82. The SMILES string of the molecule is CC(C)NC(=O)C(=O)[C@@H]1CCCCOCCOCc2ccccc2C(=O)N1. The van der Waals surface area contributed by atoms with Crippen LogP contribution in [0, 0.1) is 0 Å². The van der Waals surface area contributed by atoms with E-state index >= 15 is 0 Å². The van der Waals surface area contributed by atoms with Crippen molar-refractivity contribution in [1.82, 2.24) is 10.6 Å². The van der Waals surface area contributed by atoms with Crippen LogP contribution in [0.1, 0.15) is 49.0 Å². The van der Waals surface area contributed by atoms with Crippen LogP contribution in [0.2, 0.25) is 0 Å². The molecule has 0 saturated carbocycles. The summed E-state index contributed by atoms with van der Waals surface area (Å²) in [7, 11) is 0. The molecule has 0 saturated heterocycles. The normalized spacial score (nSPS) is 19.5. The molecule has 0 bridgehead atoms. The summed E-state index contributed by atoms with van der Waals surface area (Å²) in [4.78, 5) is 37.4. The lowest BCUT2D eigenvalue weighted by Gasteiger charge is -2.20. The quantitative estimate of drug-likeness (QED) is 0.782. The fraction of sp³-hybridized carbons (Fsp3) is 0.550. The van der Waals surface area contributed by atoms with Crippen LogP contribution >= 0.6 is 0 Å². The first-order valence-electron chi connectivity index (χ1n) is 9.38. The molecular weight excluding hydrogens is 348 g/mol. The van der Waals surface area contributed by atoms with E-state index in [2.05, 4.69) is 10.6 Å². The number of amides is 2. The van der Waals surface area contributed by atoms with Gasteiger partial charge in [0.1, 0.15) is 0 Å². The minimum absolute atomic E-state index is 0.151. The van der Waals surface area contributed by atoms with Gasteiger partial charge in [0, 0.05) is 18.2 Å². The van der Waals surface area contributed by atoms with Gasteiger partial charge in [0.2, 0.25) is 5.78 Å². The highest BCUT2D eigenvalue weighted by atomic mass is 16.5. The first-order chi connectivity index (χ1) is 13.0. The number of fused-ring (bicyclic) bond motifs is 1. The summed E-state index contributed by atoms with van der Waals surface area (Å²) < 4.78 is 11.1. The van der Waals surface area contributed by atoms with Crippen molar-refractivity contribution in [3.8, 4) is 0 Å². The van der Waals surface area contributed by atoms with E-state index in [0.717, 1.165) is 12.0 Å². The molecule has 0 unspecified atom stereocenters. The van der Waals surface area contributed by atoms with Crippen molar-refractivity contribution in [3.63, 3.8) is 0 Å². The van der Waals surface area contributed by atoms with E-state index in [-0.39, 0.29) is 18.6 Å². The number of ketones is 1. The molecule has 0 radical (unpaired) electrons. The summed E-state index contributed by atoms with van der Waals surface area (Å²) >= 11 is 0. The van der Waals surface area contributed by atoms with Crippen molar-refractivity contribution in [2.45, 2.75) is 51.8 Å². The summed E-state index contributed by atoms with van der Waals surface area (Å²) in [5.41, 5.74) is 1.17. The second kappa shape index (κ2) is 10.8. The molecule has 2 rings (SSSR count). The van der Waals surface area contributed by atoms with E-state index in [1.807, 2.05) is 12.1 Å². The number of carbonyl (C=O) groups is 3. The Labute approximate surface area is 159 Å². The van der Waals surface area contributed by atoms with Gasteiger partial charge >= 0.3 is 0 Å². The van der Waals surface area contributed by atoms with Gasteiger partial charge in [-0.1, -0.05) is 18.2 Å². The Hall–Kier alpha value is -2.25. The van der Waals surface area contributed by atoms with E-state index in [4.69, 9.17) is 9.47 Å². The van der Waals surface area contributed by atoms with Crippen LogP contribution in [0.3, 0.4) is 0 Å². The summed E-state index contributed by atoms with van der Waals surface area (Å²) in [6, 6.07) is 6.06. The third-order valence-corrected chi connectivity index (χ3v) is 4.19. The number of carbonyl (C=O) groups excluding carboxylic acids is 3. The van der Waals surface area contributed by atoms with E-state index in [1.54, 1.807) is 26.0 Å². The van der Waals surface area contributed by atoms with Crippen molar-refractivity contribution in [2.75, 3.05) is 19.8 Å². The molecule has 27 heavy (non-hydrogen) atoms. The van der Waals surface area contributed by atoms with Crippen LogP contribution in [0.15, 0.2) is 24.3 Å². The number of rotatable bonds is 3. The number of Topliss-reactive ketones (excluding diaryl/α,β-unsaturated/α-hetero) is 1. The molecule has 0 fully saturated rings. The van der Waals surface area contributed by atoms with Gasteiger partial charge in [-0.3, -0.25) is 14.4 Å². The highest BCUT2D eigenvalue weighted by molar-refractivity contribution is 6.38. The molecule has 148 valence electrons. The van der Waals surface area contributed by atoms with Crippen molar-refractivity contribution in [2.24, 2.45) is 0 Å². The second-order valence-electron chi connectivity index (χ2n) is 6.84. The largest absolute Gasteiger partial charge is 0.379 e. The zero-order chi connectivity index (χ0) is 19.6. The lowest BCUT2D eigenvalue weighted by Crippen LogP contribution is -2.49. The highest BCUT2D eigenvalue weighted by Gasteiger charge is 2.27. The zero-order valence-corrected chi connectivity index (χ0v) is 16.0. The standard InChI is InChI=1S/C20H28N2O5/c1-14(2)21-20(25)18(23)17-9-5-6-10-26-11-12-27-13-15-7-3-4-8-16(15)19(24)22-17/h3-4,7-8,14,17H,5-6,9-13H2,1-2H3,(H,21,25)(H,22,24)/t17-/m0/s1. The molecule has 2 N–H and O–H groups in total.